The fourth-order valence-corrected chi connectivity index (χ4v) is 1.79. The molecule has 0 bridgehead atoms. The van der Waals surface area contributed by atoms with Crippen LogP contribution in [-0.2, 0) is 16.1 Å². The Balaban J connectivity index is 2.28. The Hall–Kier alpha value is -1.45. The zero-order valence-electron chi connectivity index (χ0n) is 11.4. The Morgan fingerprint density at radius 1 is 1.26 bits per heavy atom. The lowest BCUT2D eigenvalue weighted by atomic mass is 10.0. The van der Waals surface area contributed by atoms with Gasteiger partial charge in [0.25, 0.3) is 0 Å². The quantitative estimate of drug-likeness (QED) is 0.694. The van der Waals surface area contributed by atoms with Crippen molar-refractivity contribution < 1.29 is 18.3 Å². The molecule has 0 atom stereocenters. The number of esters is 1. The highest BCUT2D eigenvalue weighted by molar-refractivity contribution is 5.69. The lowest BCUT2D eigenvalue weighted by Crippen LogP contribution is -2.20. The molecule has 2 nitrogen and oxygen atoms in total. The molecule has 0 radical (unpaired) electrons. The molecule has 1 aromatic rings. The maximum Gasteiger partial charge on any atom is 0.306 e. The summed E-state index contributed by atoms with van der Waals surface area (Å²) in [6.45, 7) is 3.61. The SMILES string of the molecule is CC(C)CC(F)(F)CCC(=O)OCc1ccccc1. The summed E-state index contributed by atoms with van der Waals surface area (Å²) in [5.41, 5.74) is 0.852. The average molecular weight is 270 g/mol. The molecule has 0 N–H and O–H groups in total. The van der Waals surface area contributed by atoms with Gasteiger partial charge in [-0.2, -0.15) is 0 Å². The number of alkyl halides is 2. The molecule has 0 fully saturated rings. The normalized spacial score (nSPS) is 11.6. The molecular weight excluding hydrogens is 250 g/mol. The van der Waals surface area contributed by atoms with Gasteiger partial charge in [-0.3, -0.25) is 4.79 Å². The van der Waals surface area contributed by atoms with E-state index in [9.17, 15) is 13.6 Å². The summed E-state index contributed by atoms with van der Waals surface area (Å²) in [4.78, 5) is 11.4. The van der Waals surface area contributed by atoms with E-state index in [2.05, 4.69) is 0 Å². The molecule has 4 heteroatoms. The van der Waals surface area contributed by atoms with E-state index in [1.54, 1.807) is 13.8 Å². The van der Waals surface area contributed by atoms with Gasteiger partial charge in [-0.1, -0.05) is 44.2 Å². The molecule has 0 saturated heterocycles. The van der Waals surface area contributed by atoms with E-state index in [0.717, 1.165) is 5.56 Å². The van der Waals surface area contributed by atoms with Crippen LogP contribution in [0.2, 0.25) is 0 Å². The standard InChI is InChI=1S/C15H20F2O2/c1-12(2)10-15(16,17)9-8-14(18)19-11-13-6-4-3-5-7-13/h3-7,12H,8-11H2,1-2H3. The molecule has 0 unspecified atom stereocenters. The van der Waals surface area contributed by atoms with Crippen LogP contribution in [-0.4, -0.2) is 11.9 Å². The Labute approximate surface area is 112 Å². The fourth-order valence-electron chi connectivity index (χ4n) is 1.79. The lowest BCUT2D eigenvalue weighted by molar-refractivity contribution is -0.147. The Kier molecular flexibility index (Phi) is 5.93. The van der Waals surface area contributed by atoms with Crippen LogP contribution in [0, 0.1) is 5.92 Å². The van der Waals surface area contributed by atoms with Crippen molar-refractivity contribution in [2.75, 3.05) is 0 Å². The summed E-state index contributed by atoms with van der Waals surface area (Å²) < 4.78 is 31.7. The minimum atomic E-state index is -2.79. The number of rotatable bonds is 7. The molecule has 1 aromatic carbocycles. The van der Waals surface area contributed by atoms with Crippen LogP contribution in [0.4, 0.5) is 8.78 Å². The molecule has 0 heterocycles. The van der Waals surface area contributed by atoms with Gasteiger partial charge in [0.15, 0.2) is 0 Å². The van der Waals surface area contributed by atoms with E-state index in [1.807, 2.05) is 30.3 Å². The van der Waals surface area contributed by atoms with Crippen molar-refractivity contribution in [3.05, 3.63) is 35.9 Å². The summed E-state index contributed by atoms with van der Waals surface area (Å²) in [6, 6.07) is 9.17. The van der Waals surface area contributed by atoms with Gasteiger partial charge in [0.2, 0.25) is 5.92 Å². The van der Waals surface area contributed by atoms with Crippen molar-refractivity contribution in [3.8, 4) is 0 Å². The Bertz CT molecular complexity index is 388. The van der Waals surface area contributed by atoms with Crippen molar-refractivity contribution in [1.29, 1.82) is 0 Å². The topological polar surface area (TPSA) is 26.3 Å². The highest BCUT2D eigenvalue weighted by atomic mass is 19.3. The van der Waals surface area contributed by atoms with Gasteiger partial charge in [0.05, 0.1) is 6.42 Å². The molecule has 1 rings (SSSR count). The van der Waals surface area contributed by atoms with Gasteiger partial charge in [-0.05, 0) is 11.5 Å². The highest BCUT2D eigenvalue weighted by Crippen LogP contribution is 2.28. The first-order valence-electron chi connectivity index (χ1n) is 6.46. The van der Waals surface area contributed by atoms with Crippen molar-refractivity contribution >= 4 is 5.97 Å². The number of carbonyl (C=O) groups is 1. The fraction of sp³-hybridized carbons (Fsp3) is 0.533. The molecule has 0 amide bonds. The van der Waals surface area contributed by atoms with Gasteiger partial charge in [0.1, 0.15) is 6.61 Å². The van der Waals surface area contributed by atoms with Gasteiger partial charge in [-0.15, -0.1) is 0 Å². The van der Waals surface area contributed by atoms with Crippen LogP contribution in [0.5, 0.6) is 0 Å². The van der Waals surface area contributed by atoms with Gasteiger partial charge in [0, 0.05) is 12.8 Å². The zero-order valence-corrected chi connectivity index (χ0v) is 11.4. The largest absolute Gasteiger partial charge is 0.461 e. The number of hydrogen-bond acceptors (Lipinski definition) is 2. The molecule has 0 spiro atoms. The third-order valence-electron chi connectivity index (χ3n) is 2.64. The van der Waals surface area contributed by atoms with E-state index < -0.39 is 18.3 Å². The number of hydrogen-bond donors (Lipinski definition) is 0. The summed E-state index contributed by atoms with van der Waals surface area (Å²) in [5.74, 6) is -3.46. The molecule has 106 valence electrons. The third-order valence-corrected chi connectivity index (χ3v) is 2.64. The third kappa shape index (κ3) is 6.89. The maximum absolute atomic E-state index is 13.4. The van der Waals surface area contributed by atoms with Crippen LogP contribution >= 0.6 is 0 Å². The average Bonchev–Trinajstić information content (AvgIpc) is 2.34. The van der Waals surface area contributed by atoms with Gasteiger partial charge in [-0.25, -0.2) is 8.78 Å². The van der Waals surface area contributed by atoms with E-state index in [0.29, 0.717) is 0 Å². The lowest BCUT2D eigenvalue weighted by Gasteiger charge is -2.17. The van der Waals surface area contributed by atoms with Crippen LogP contribution in [0.25, 0.3) is 0 Å². The zero-order chi connectivity index (χ0) is 14.3. The Morgan fingerprint density at radius 3 is 2.47 bits per heavy atom. The number of halogens is 2. The summed E-state index contributed by atoms with van der Waals surface area (Å²) >= 11 is 0. The van der Waals surface area contributed by atoms with Crippen LogP contribution in [0.15, 0.2) is 30.3 Å². The van der Waals surface area contributed by atoms with Gasteiger partial charge < -0.3 is 4.74 Å². The first kappa shape index (κ1) is 15.6. The minimum absolute atomic E-state index is 0.0876. The predicted octanol–water partition coefficient (Wildman–Crippen LogP) is 4.19. The smallest absolute Gasteiger partial charge is 0.306 e. The predicted molar refractivity (Wildman–Crippen MR) is 69.9 cm³/mol. The first-order chi connectivity index (χ1) is 8.89. The molecule has 0 saturated carbocycles. The summed E-state index contributed by atoms with van der Waals surface area (Å²) in [7, 11) is 0. The van der Waals surface area contributed by atoms with E-state index in [4.69, 9.17) is 4.74 Å². The number of carbonyl (C=O) groups excluding carboxylic acids is 1. The number of benzene rings is 1. The molecule has 0 aliphatic rings. The number of ether oxygens (including phenoxy) is 1. The summed E-state index contributed by atoms with van der Waals surface area (Å²) in [5, 5.41) is 0. The maximum atomic E-state index is 13.4. The van der Waals surface area contributed by atoms with Crippen molar-refractivity contribution in [2.24, 2.45) is 5.92 Å². The molecule has 0 aliphatic heterocycles. The van der Waals surface area contributed by atoms with Crippen molar-refractivity contribution in [2.45, 2.75) is 45.6 Å². The van der Waals surface area contributed by atoms with E-state index in [1.165, 1.54) is 0 Å². The van der Waals surface area contributed by atoms with E-state index in [-0.39, 0.29) is 25.4 Å². The molecule has 19 heavy (non-hydrogen) atoms. The second-order valence-electron chi connectivity index (χ2n) is 5.10. The van der Waals surface area contributed by atoms with Gasteiger partial charge >= 0.3 is 5.97 Å². The minimum Gasteiger partial charge on any atom is -0.461 e. The van der Waals surface area contributed by atoms with Crippen LogP contribution < -0.4 is 0 Å². The molecule has 0 aromatic heterocycles. The van der Waals surface area contributed by atoms with Crippen molar-refractivity contribution in [3.63, 3.8) is 0 Å². The monoisotopic (exact) mass is 270 g/mol. The van der Waals surface area contributed by atoms with Crippen LogP contribution in [0.3, 0.4) is 0 Å². The van der Waals surface area contributed by atoms with Crippen molar-refractivity contribution in [1.82, 2.24) is 0 Å². The Morgan fingerprint density at radius 2 is 1.89 bits per heavy atom. The van der Waals surface area contributed by atoms with Crippen LogP contribution in [0.1, 0.15) is 38.7 Å². The summed E-state index contributed by atoms with van der Waals surface area (Å²) in [6.07, 6.45) is -0.885. The highest BCUT2D eigenvalue weighted by Gasteiger charge is 2.30. The molecular formula is C15H20F2O2. The molecule has 0 aliphatic carbocycles. The second-order valence-corrected chi connectivity index (χ2v) is 5.10. The first-order valence-corrected chi connectivity index (χ1v) is 6.46. The second kappa shape index (κ2) is 7.22. The van der Waals surface area contributed by atoms with E-state index >= 15 is 0 Å².